The van der Waals surface area contributed by atoms with Gasteiger partial charge in [-0.1, -0.05) is 32.8 Å². The Kier molecular flexibility index (Phi) is 6.20. The molecule has 0 saturated heterocycles. The molecule has 0 heterocycles. The smallest absolute Gasteiger partial charge is 0.126 e. The molecule has 1 aliphatic rings. The van der Waals surface area contributed by atoms with Crippen molar-refractivity contribution in [1.82, 2.24) is 0 Å². The summed E-state index contributed by atoms with van der Waals surface area (Å²) in [7, 11) is 0. The van der Waals surface area contributed by atoms with E-state index in [1.54, 1.807) is 12.1 Å². The van der Waals surface area contributed by atoms with Crippen LogP contribution in [0.1, 0.15) is 64.9 Å². The average Bonchev–Trinajstić information content (AvgIpc) is 2.45. The topological polar surface area (TPSA) is 49.7 Å². The molecule has 3 unspecified atom stereocenters. The molecule has 3 nitrogen and oxygen atoms in total. The summed E-state index contributed by atoms with van der Waals surface area (Å²) in [5.74, 6) is 2.68. The highest BCUT2D eigenvalue weighted by Crippen LogP contribution is 2.50. The van der Waals surface area contributed by atoms with E-state index in [2.05, 4.69) is 27.4 Å². The average molecular weight is 332 g/mol. The monoisotopic (exact) mass is 332 g/mol. The highest BCUT2D eigenvalue weighted by molar-refractivity contribution is 5.51. The zero-order valence-electron chi connectivity index (χ0n) is 15.5. The molecular weight excluding hydrogens is 300 g/mol. The summed E-state index contributed by atoms with van der Waals surface area (Å²) in [5.41, 5.74) is 1.75. The van der Waals surface area contributed by atoms with Crippen molar-refractivity contribution in [2.75, 3.05) is 6.61 Å². The molecule has 0 amide bonds. The van der Waals surface area contributed by atoms with E-state index in [4.69, 9.17) is 4.74 Å². The van der Waals surface area contributed by atoms with Crippen molar-refractivity contribution in [2.24, 2.45) is 17.8 Å². The summed E-state index contributed by atoms with van der Waals surface area (Å²) in [6.07, 6.45) is 4.15. The van der Waals surface area contributed by atoms with E-state index in [0.717, 1.165) is 24.8 Å². The molecule has 1 saturated carbocycles. The summed E-state index contributed by atoms with van der Waals surface area (Å²) < 4.78 is 5.64. The maximum Gasteiger partial charge on any atom is 0.126 e. The standard InChI is InChI=1S/C21H32O3/c1-13(2)8-9-24-16-11-19(22)21(20(23)12-16)18-10-15(5)6-7-17(18)14(3)4/h11-12,14-15,17-18,22-23H,1,6-10H2,2-5H3. The lowest BCUT2D eigenvalue weighted by Gasteiger charge is -2.38. The summed E-state index contributed by atoms with van der Waals surface area (Å²) in [6, 6.07) is 3.29. The van der Waals surface area contributed by atoms with Gasteiger partial charge in [0.25, 0.3) is 0 Å². The molecule has 0 aliphatic heterocycles. The first-order valence-electron chi connectivity index (χ1n) is 9.12. The third-order valence-corrected chi connectivity index (χ3v) is 5.30. The second kappa shape index (κ2) is 7.96. The number of ether oxygens (including phenoxy) is 1. The number of hydrogen-bond donors (Lipinski definition) is 2. The van der Waals surface area contributed by atoms with Crippen LogP contribution in [0.5, 0.6) is 17.2 Å². The van der Waals surface area contributed by atoms with Crippen LogP contribution in [0.3, 0.4) is 0 Å². The van der Waals surface area contributed by atoms with Crippen molar-refractivity contribution in [3.8, 4) is 17.2 Å². The maximum absolute atomic E-state index is 10.6. The molecule has 1 aromatic rings. The van der Waals surface area contributed by atoms with Crippen molar-refractivity contribution >= 4 is 0 Å². The van der Waals surface area contributed by atoms with Gasteiger partial charge in [0.15, 0.2) is 0 Å². The Morgan fingerprint density at radius 3 is 2.42 bits per heavy atom. The number of benzene rings is 1. The van der Waals surface area contributed by atoms with Crippen molar-refractivity contribution in [1.29, 1.82) is 0 Å². The number of aromatic hydroxyl groups is 2. The minimum Gasteiger partial charge on any atom is -0.507 e. The normalized spacial score (nSPS) is 24.1. The lowest BCUT2D eigenvalue weighted by atomic mass is 9.67. The van der Waals surface area contributed by atoms with Crippen LogP contribution >= 0.6 is 0 Å². The first kappa shape index (κ1) is 18.7. The minimum atomic E-state index is 0.157. The van der Waals surface area contributed by atoms with E-state index in [1.165, 1.54) is 6.42 Å². The first-order valence-corrected chi connectivity index (χ1v) is 9.12. The molecule has 0 aromatic heterocycles. The zero-order valence-corrected chi connectivity index (χ0v) is 15.5. The highest BCUT2D eigenvalue weighted by atomic mass is 16.5. The Balaban J connectivity index is 2.24. The molecule has 2 rings (SSSR count). The largest absolute Gasteiger partial charge is 0.507 e. The predicted octanol–water partition coefficient (Wildman–Crippen LogP) is 5.62. The summed E-state index contributed by atoms with van der Waals surface area (Å²) in [5, 5.41) is 21.1. The Bertz CT molecular complexity index is 553. The Labute approximate surface area is 146 Å². The van der Waals surface area contributed by atoms with Gasteiger partial charge in [0.1, 0.15) is 17.2 Å². The fourth-order valence-corrected chi connectivity index (χ4v) is 3.94. The van der Waals surface area contributed by atoms with E-state index < -0.39 is 0 Å². The molecular formula is C21H32O3. The lowest BCUT2D eigenvalue weighted by Crippen LogP contribution is -2.26. The van der Waals surface area contributed by atoms with E-state index >= 15 is 0 Å². The van der Waals surface area contributed by atoms with E-state index in [-0.39, 0.29) is 17.4 Å². The Morgan fingerprint density at radius 1 is 1.25 bits per heavy atom. The quantitative estimate of drug-likeness (QED) is 0.665. The van der Waals surface area contributed by atoms with E-state index in [0.29, 0.717) is 35.7 Å². The number of phenolic OH excluding ortho intramolecular Hbond substituents is 2. The molecule has 0 spiro atoms. The van der Waals surface area contributed by atoms with Crippen LogP contribution in [0.25, 0.3) is 0 Å². The van der Waals surface area contributed by atoms with Gasteiger partial charge in [0.05, 0.1) is 6.61 Å². The van der Waals surface area contributed by atoms with Crippen LogP contribution in [0.4, 0.5) is 0 Å². The molecule has 3 atom stereocenters. The summed E-state index contributed by atoms with van der Waals surface area (Å²) in [4.78, 5) is 0. The Hall–Kier alpha value is -1.64. The van der Waals surface area contributed by atoms with Gasteiger partial charge in [-0.15, -0.1) is 6.58 Å². The fraction of sp³-hybridized carbons (Fsp3) is 0.619. The Morgan fingerprint density at radius 2 is 1.88 bits per heavy atom. The summed E-state index contributed by atoms with van der Waals surface area (Å²) in [6.45, 7) is 13.0. The van der Waals surface area contributed by atoms with Gasteiger partial charge >= 0.3 is 0 Å². The van der Waals surface area contributed by atoms with E-state index in [1.807, 2.05) is 6.92 Å². The molecule has 3 heteroatoms. The number of rotatable bonds is 6. The van der Waals surface area contributed by atoms with Gasteiger partial charge in [0, 0.05) is 24.1 Å². The molecule has 2 N–H and O–H groups in total. The van der Waals surface area contributed by atoms with Crippen LogP contribution in [0.2, 0.25) is 0 Å². The van der Waals surface area contributed by atoms with Crippen molar-refractivity contribution < 1.29 is 14.9 Å². The minimum absolute atomic E-state index is 0.157. The van der Waals surface area contributed by atoms with Crippen LogP contribution in [0, 0.1) is 17.8 Å². The SMILES string of the molecule is C=C(C)CCOc1cc(O)c(C2CC(C)CCC2C(C)C)c(O)c1. The predicted molar refractivity (Wildman–Crippen MR) is 98.8 cm³/mol. The second-order valence-corrected chi connectivity index (χ2v) is 7.86. The molecule has 0 bridgehead atoms. The van der Waals surface area contributed by atoms with Crippen LogP contribution in [-0.4, -0.2) is 16.8 Å². The van der Waals surface area contributed by atoms with Gasteiger partial charge < -0.3 is 14.9 Å². The van der Waals surface area contributed by atoms with Gasteiger partial charge in [-0.25, -0.2) is 0 Å². The van der Waals surface area contributed by atoms with Crippen LogP contribution in [-0.2, 0) is 0 Å². The second-order valence-electron chi connectivity index (χ2n) is 7.86. The van der Waals surface area contributed by atoms with Crippen molar-refractivity contribution in [3.05, 3.63) is 29.8 Å². The zero-order chi connectivity index (χ0) is 17.9. The molecule has 24 heavy (non-hydrogen) atoms. The lowest BCUT2D eigenvalue weighted by molar-refractivity contribution is 0.191. The van der Waals surface area contributed by atoms with Gasteiger partial charge in [-0.3, -0.25) is 0 Å². The fourth-order valence-electron chi connectivity index (χ4n) is 3.94. The summed E-state index contributed by atoms with van der Waals surface area (Å²) >= 11 is 0. The third kappa shape index (κ3) is 4.46. The van der Waals surface area contributed by atoms with Crippen LogP contribution < -0.4 is 4.74 Å². The van der Waals surface area contributed by atoms with Crippen molar-refractivity contribution in [3.63, 3.8) is 0 Å². The molecule has 1 aromatic carbocycles. The maximum atomic E-state index is 10.6. The van der Waals surface area contributed by atoms with Crippen LogP contribution in [0.15, 0.2) is 24.3 Å². The molecule has 134 valence electrons. The number of phenols is 2. The number of hydrogen-bond acceptors (Lipinski definition) is 3. The van der Waals surface area contributed by atoms with Gasteiger partial charge in [-0.2, -0.15) is 0 Å². The molecule has 1 aliphatic carbocycles. The van der Waals surface area contributed by atoms with Crippen molar-refractivity contribution in [2.45, 2.75) is 59.3 Å². The molecule has 1 fully saturated rings. The highest BCUT2D eigenvalue weighted by Gasteiger charge is 2.35. The first-order chi connectivity index (χ1) is 11.3. The molecule has 0 radical (unpaired) electrons. The van der Waals surface area contributed by atoms with E-state index in [9.17, 15) is 10.2 Å². The van der Waals surface area contributed by atoms with Gasteiger partial charge in [0.2, 0.25) is 0 Å². The third-order valence-electron chi connectivity index (χ3n) is 5.30. The van der Waals surface area contributed by atoms with Gasteiger partial charge in [-0.05, 0) is 43.4 Å².